The van der Waals surface area contributed by atoms with Crippen molar-refractivity contribution < 1.29 is 9.53 Å². The third-order valence-corrected chi connectivity index (χ3v) is 4.45. The molecule has 4 heteroatoms. The molecule has 0 aromatic heterocycles. The third-order valence-electron chi connectivity index (χ3n) is 4.45. The van der Waals surface area contributed by atoms with Crippen molar-refractivity contribution in [3.63, 3.8) is 0 Å². The number of ether oxygens (including phenoxy) is 1. The van der Waals surface area contributed by atoms with E-state index in [9.17, 15) is 4.79 Å². The second-order valence-corrected chi connectivity index (χ2v) is 5.59. The molecule has 2 N–H and O–H groups in total. The van der Waals surface area contributed by atoms with Gasteiger partial charge in [-0.05, 0) is 32.2 Å². The van der Waals surface area contributed by atoms with Gasteiger partial charge in [-0.1, -0.05) is 19.8 Å². The molecule has 1 saturated carbocycles. The van der Waals surface area contributed by atoms with E-state index in [1.165, 1.54) is 25.7 Å². The second-order valence-electron chi connectivity index (χ2n) is 5.59. The first kappa shape index (κ1) is 13.8. The van der Waals surface area contributed by atoms with Gasteiger partial charge in [-0.25, -0.2) is 0 Å². The number of carbonyl (C=O) groups excluding carboxylic acids is 1. The number of hydrogen-bond donors (Lipinski definition) is 2. The van der Waals surface area contributed by atoms with Gasteiger partial charge < -0.3 is 15.4 Å². The fraction of sp³-hybridized carbons (Fsp3) is 0.929. The minimum absolute atomic E-state index is 0.173. The maximum absolute atomic E-state index is 12.2. The fourth-order valence-corrected chi connectivity index (χ4v) is 3.03. The van der Waals surface area contributed by atoms with Crippen molar-refractivity contribution in [1.29, 1.82) is 0 Å². The van der Waals surface area contributed by atoms with Gasteiger partial charge in [0.15, 0.2) is 0 Å². The first-order valence-electron chi connectivity index (χ1n) is 7.37. The van der Waals surface area contributed by atoms with E-state index in [1.54, 1.807) is 0 Å². The molecule has 1 aliphatic carbocycles. The summed E-state index contributed by atoms with van der Waals surface area (Å²) in [4.78, 5) is 12.2. The van der Waals surface area contributed by atoms with Crippen LogP contribution in [0.1, 0.15) is 45.4 Å². The molecule has 2 fully saturated rings. The van der Waals surface area contributed by atoms with E-state index in [0.29, 0.717) is 19.3 Å². The van der Waals surface area contributed by atoms with Gasteiger partial charge >= 0.3 is 0 Å². The summed E-state index contributed by atoms with van der Waals surface area (Å²) in [7, 11) is 0. The van der Waals surface area contributed by atoms with E-state index in [2.05, 4.69) is 17.6 Å². The average Bonchev–Trinajstić information content (AvgIpc) is 3.05. The lowest BCUT2D eigenvalue weighted by Crippen LogP contribution is -2.43. The van der Waals surface area contributed by atoms with Gasteiger partial charge in [0.25, 0.3) is 0 Å². The summed E-state index contributed by atoms with van der Waals surface area (Å²) in [6.45, 7) is 5.18. The Hall–Kier alpha value is -0.610. The Morgan fingerprint density at radius 2 is 2.22 bits per heavy atom. The standard InChI is InChI=1S/C14H26N2O2/c1-2-14(7-8-15-11-14)13(17)16-9-10-18-12-5-3-4-6-12/h12,15H,2-11H2,1H3,(H,16,17). The molecule has 0 radical (unpaired) electrons. The zero-order chi connectivity index (χ0) is 12.8. The summed E-state index contributed by atoms with van der Waals surface area (Å²) in [6.07, 6.45) is 7.28. The van der Waals surface area contributed by atoms with E-state index in [4.69, 9.17) is 4.74 Å². The summed E-state index contributed by atoms with van der Waals surface area (Å²) in [5.74, 6) is 0.199. The summed E-state index contributed by atoms with van der Waals surface area (Å²) in [5.41, 5.74) is -0.173. The Labute approximate surface area is 110 Å². The first-order valence-corrected chi connectivity index (χ1v) is 7.37. The van der Waals surface area contributed by atoms with Crippen LogP contribution in [0.25, 0.3) is 0 Å². The van der Waals surface area contributed by atoms with Crippen LogP contribution in [-0.2, 0) is 9.53 Å². The van der Waals surface area contributed by atoms with Crippen LogP contribution < -0.4 is 10.6 Å². The SMILES string of the molecule is CCC1(C(=O)NCCOC2CCCC2)CCNC1. The molecular weight excluding hydrogens is 228 g/mol. The zero-order valence-corrected chi connectivity index (χ0v) is 11.5. The van der Waals surface area contributed by atoms with Crippen LogP contribution in [0, 0.1) is 5.41 Å². The van der Waals surface area contributed by atoms with Gasteiger partial charge in [0, 0.05) is 13.1 Å². The van der Waals surface area contributed by atoms with Crippen LogP contribution >= 0.6 is 0 Å². The van der Waals surface area contributed by atoms with Crippen molar-refractivity contribution in [3.8, 4) is 0 Å². The van der Waals surface area contributed by atoms with E-state index in [-0.39, 0.29) is 11.3 Å². The molecule has 0 spiro atoms. The molecule has 1 unspecified atom stereocenters. The maximum Gasteiger partial charge on any atom is 0.227 e. The number of carbonyl (C=O) groups is 1. The minimum Gasteiger partial charge on any atom is -0.376 e. The molecule has 1 amide bonds. The van der Waals surface area contributed by atoms with Gasteiger partial charge in [-0.3, -0.25) is 4.79 Å². The van der Waals surface area contributed by atoms with Gasteiger partial charge in [0.1, 0.15) is 0 Å². The van der Waals surface area contributed by atoms with E-state index in [1.807, 2.05) is 0 Å². The summed E-state index contributed by atoms with van der Waals surface area (Å²) >= 11 is 0. The van der Waals surface area contributed by atoms with Crippen molar-refractivity contribution in [2.45, 2.75) is 51.6 Å². The van der Waals surface area contributed by atoms with Gasteiger partial charge in [-0.15, -0.1) is 0 Å². The molecule has 0 bridgehead atoms. The summed E-state index contributed by atoms with van der Waals surface area (Å²) < 4.78 is 5.75. The Morgan fingerprint density at radius 3 is 2.83 bits per heavy atom. The van der Waals surface area contributed by atoms with Crippen LogP contribution in [0.15, 0.2) is 0 Å². The molecule has 0 aromatic rings. The van der Waals surface area contributed by atoms with Gasteiger partial charge in [0.2, 0.25) is 5.91 Å². The van der Waals surface area contributed by atoms with Crippen molar-refractivity contribution in [2.24, 2.45) is 5.41 Å². The third kappa shape index (κ3) is 3.23. The predicted octanol–water partition coefficient (Wildman–Crippen LogP) is 1.45. The second kappa shape index (κ2) is 6.53. The van der Waals surface area contributed by atoms with E-state index in [0.717, 1.165) is 25.9 Å². The Balaban J connectivity index is 1.64. The van der Waals surface area contributed by atoms with Crippen LogP contribution in [0.4, 0.5) is 0 Å². The molecule has 4 nitrogen and oxygen atoms in total. The smallest absolute Gasteiger partial charge is 0.227 e. The maximum atomic E-state index is 12.2. The van der Waals surface area contributed by atoms with Crippen molar-refractivity contribution >= 4 is 5.91 Å². The van der Waals surface area contributed by atoms with Crippen molar-refractivity contribution in [3.05, 3.63) is 0 Å². The largest absolute Gasteiger partial charge is 0.376 e. The van der Waals surface area contributed by atoms with Crippen LogP contribution in [0.3, 0.4) is 0 Å². The highest BCUT2D eigenvalue weighted by molar-refractivity contribution is 5.83. The molecule has 1 aliphatic heterocycles. The lowest BCUT2D eigenvalue weighted by Gasteiger charge is -2.25. The van der Waals surface area contributed by atoms with E-state index >= 15 is 0 Å². The Bertz CT molecular complexity index is 269. The lowest BCUT2D eigenvalue weighted by molar-refractivity contribution is -0.130. The highest BCUT2D eigenvalue weighted by atomic mass is 16.5. The molecule has 1 atom stereocenters. The molecule has 104 valence electrons. The normalized spacial score (nSPS) is 28.7. The van der Waals surface area contributed by atoms with Crippen LogP contribution in [-0.4, -0.2) is 38.3 Å². The van der Waals surface area contributed by atoms with Crippen molar-refractivity contribution in [2.75, 3.05) is 26.2 Å². The summed E-state index contributed by atoms with van der Waals surface area (Å²) in [6, 6.07) is 0. The monoisotopic (exact) mass is 254 g/mol. The Kier molecular flexibility index (Phi) is 5.01. The molecular formula is C14H26N2O2. The molecule has 0 aromatic carbocycles. The number of rotatable bonds is 6. The highest BCUT2D eigenvalue weighted by Gasteiger charge is 2.39. The number of hydrogen-bond acceptors (Lipinski definition) is 3. The molecule has 1 saturated heterocycles. The fourth-order valence-electron chi connectivity index (χ4n) is 3.03. The molecule has 2 aliphatic rings. The zero-order valence-electron chi connectivity index (χ0n) is 11.5. The van der Waals surface area contributed by atoms with Gasteiger partial charge in [0.05, 0.1) is 18.1 Å². The Morgan fingerprint density at radius 1 is 1.44 bits per heavy atom. The van der Waals surface area contributed by atoms with Crippen LogP contribution in [0.5, 0.6) is 0 Å². The minimum atomic E-state index is -0.173. The number of amides is 1. The van der Waals surface area contributed by atoms with Crippen molar-refractivity contribution in [1.82, 2.24) is 10.6 Å². The summed E-state index contributed by atoms with van der Waals surface area (Å²) in [5, 5.41) is 6.32. The highest BCUT2D eigenvalue weighted by Crippen LogP contribution is 2.29. The van der Waals surface area contributed by atoms with Crippen LogP contribution in [0.2, 0.25) is 0 Å². The lowest BCUT2D eigenvalue weighted by atomic mass is 9.83. The topological polar surface area (TPSA) is 50.4 Å². The van der Waals surface area contributed by atoms with Gasteiger partial charge in [-0.2, -0.15) is 0 Å². The van der Waals surface area contributed by atoms with E-state index < -0.39 is 0 Å². The number of nitrogens with one attached hydrogen (secondary N) is 2. The molecule has 2 rings (SSSR count). The quantitative estimate of drug-likeness (QED) is 0.705. The molecule has 18 heavy (non-hydrogen) atoms. The average molecular weight is 254 g/mol. The first-order chi connectivity index (χ1) is 8.77. The molecule has 1 heterocycles. The predicted molar refractivity (Wildman–Crippen MR) is 71.4 cm³/mol.